The zero-order valence-corrected chi connectivity index (χ0v) is 19.1. The van der Waals surface area contributed by atoms with E-state index in [1.54, 1.807) is 18.3 Å². The van der Waals surface area contributed by atoms with E-state index in [2.05, 4.69) is 21.8 Å². The summed E-state index contributed by atoms with van der Waals surface area (Å²) in [7, 11) is 0. The largest absolute Gasteiger partial charge is 0.480 e. The Morgan fingerprint density at radius 1 is 1.06 bits per heavy atom. The molecule has 3 N–H and O–H groups in total. The quantitative estimate of drug-likeness (QED) is 0.380. The minimum Gasteiger partial charge on any atom is -0.480 e. The van der Waals surface area contributed by atoms with Gasteiger partial charge in [-0.25, -0.2) is 9.78 Å². The molecule has 0 amide bonds. The molecule has 0 aliphatic heterocycles. The van der Waals surface area contributed by atoms with Gasteiger partial charge in [-0.05, 0) is 29.7 Å². The molecular weight excluding hydrogens is 418 g/mol. The van der Waals surface area contributed by atoms with Gasteiger partial charge in [-0.3, -0.25) is 10.1 Å². The first kappa shape index (κ1) is 24.2. The maximum Gasteiger partial charge on any atom is 0.335 e. The van der Waals surface area contributed by atoms with E-state index in [1.165, 1.54) is 0 Å². The van der Waals surface area contributed by atoms with Gasteiger partial charge in [0.2, 0.25) is 0 Å². The second kappa shape index (κ2) is 11.4. The lowest BCUT2D eigenvalue weighted by Crippen LogP contribution is -2.40. The Labute approximate surface area is 194 Å². The lowest BCUT2D eigenvalue weighted by Gasteiger charge is -2.22. The number of unbranched alkanes of at least 4 members (excludes halogenated alkanes) is 1. The highest BCUT2D eigenvalue weighted by Gasteiger charge is 2.26. The van der Waals surface area contributed by atoms with Crippen LogP contribution in [0.25, 0.3) is 0 Å². The van der Waals surface area contributed by atoms with Gasteiger partial charge in [0, 0.05) is 31.6 Å². The normalized spacial score (nSPS) is 12.9. The summed E-state index contributed by atoms with van der Waals surface area (Å²) in [5.41, 5.74) is 3.07. The summed E-state index contributed by atoms with van der Waals surface area (Å²) in [6.07, 6.45) is 4.68. The number of aryl methyl sites for hydroxylation is 1. The predicted octanol–water partition coefficient (Wildman–Crippen LogP) is 4.32. The lowest BCUT2D eigenvalue weighted by atomic mass is 9.93. The van der Waals surface area contributed by atoms with Crippen LogP contribution in [-0.4, -0.2) is 37.7 Å². The number of aromatic nitrogens is 2. The highest BCUT2D eigenvalue weighted by atomic mass is 16.4. The Kier molecular flexibility index (Phi) is 8.38. The summed E-state index contributed by atoms with van der Waals surface area (Å²) in [6.45, 7) is 4.94. The molecule has 0 spiro atoms. The molecule has 1 aromatic heterocycles. The Balaban J connectivity index is 1.80. The molecule has 0 fully saturated rings. The first-order valence-electron chi connectivity index (χ1n) is 11.3. The molecular formula is C26H31N3O4. The van der Waals surface area contributed by atoms with E-state index in [4.69, 9.17) is 5.11 Å². The fraction of sp³-hybridized carbons (Fsp3) is 0.346. The third-order valence-electron chi connectivity index (χ3n) is 5.91. The third kappa shape index (κ3) is 6.29. The van der Waals surface area contributed by atoms with Crippen LogP contribution in [0.4, 0.5) is 0 Å². The van der Waals surface area contributed by atoms with E-state index in [0.717, 1.165) is 41.9 Å². The van der Waals surface area contributed by atoms with E-state index in [0.29, 0.717) is 13.1 Å². The Morgan fingerprint density at radius 2 is 1.76 bits per heavy atom. The number of carboxylic acid groups (broad SMARTS) is 2. The summed E-state index contributed by atoms with van der Waals surface area (Å²) in [6, 6.07) is 15.7. The second-order valence-electron chi connectivity index (χ2n) is 8.25. The third-order valence-corrected chi connectivity index (χ3v) is 5.91. The van der Waals surface area contributed by atoms with Gasteiger partial charge in [0.05, 0.1) is 11.3 Å². The van der Waals surface area contributed by atoms with E-state index >= 15 is 0 Å². The van der Waals surface area contributed by atoms with Gasteiger partial charge in [-0.1, -0.05) is 62.7 Å². The second-order valence-corrected chi connectivity index (χ2v) is 8.25. The Bertz CT molecular complexity index is 1060. The van der Waals surface area contributed by atoms with Gasteiger partial charge in [-0.15, -0.1) is 0 Å². The van der Waals surface area contributed by atoms with Crippen molar-refractivity contribution in [2.24, 2.45) is 0 Å². The van der Waals surface area contributed by atoms with Crippen LogP contribution < -0.4 is 5.32 Å². The van der Waals surface area contributed by atoms with Crippen molar-refractivity contribution in [1.82, 2.24) is 14.9 Å². The molecule has 2 aromatic carbocycles. The minimum atomic E-state index is -0.954. The van der Waals surface area contributed by atoms with Crippen LogP contribution in [0.15, 0.2) is 60.8 Å². The topological polar surface area (TPSA) is 104 Å². The molecule has 174 valence electrons. The van der Waals surface area contributed by atoms with Crippen molar-refractivity contribution in [3.05, 3.63) is 89.0 Å². The maximum absolute atomic E-state index is 12.0. The zero-order valence-electron chi connectivity index (χ0n) is 19.1. The summed E-state index contributed by atoms with van der Waals surface area (Å²) in [5, 5.41) is 22.2. The molecule has 2 atom stereocenters. The Morgan fingerprint density at radius 3 is 2.36 bits per heavy atom. The molecule has 7 heteroatoms. The first-order valence-corrected chi connectivity index (χ1v) is 11.3. The number of carboxylic acids is 2. The SMILES string of the molecule is CCCCc1ncc(CN[C@H](C(=O)O)C(C)c2ccccc2)n1Cc1ccc(C(=O)O)cc1. The van der Waals surface area contributed by atoms with E-state index in [9.17, 15) is 14.7 Å². The van der Waals surface area contributed by atoms with Gasteiger partial charge >= 0.3 is 11.9 Å². The molecule has 33 heavy (non-hydrogen) atoms. The minimum absolute atomic E-state index is 0.205. The van der Waals surface area contributed by atoms with E-state index < -0.39 is 18.0 Å². The number of aromatic carboxylic acids is 1. The molecule has 0 aliphatic carbocycles. The number of carbonyl (C=O) groups is 2. The van der Waals surface area contributed by atoms with Crippen LogP contribution in [0.2, 0.25) is 0 Å². The number of hydrogen-bond donors (Lipinski definition) is 3. The summed E-state index contributed by atoms with van der Waals surface area (Å²) in [5.74, 6) is -1.11. The molecule has 7 nitrogen and oxygen atoms in total. The molecule has 0 bridgehead atoms. The van der Waals surface area contributed by atoms with Gasteiger partial charge in [0.15, 0.2) is 0 Å². The molecule has 1 heterocycles. The van der Waals surface area contributed by atoms with Gasteiger partial charge < -0.3 is 14.8 Å². The molecule has 3 aromatic rings. The number of hydrogen-bond acceptors (Lipinski definition) is 4. The highest BCUT2D eigenvalue weighted by molar-refractivity contribution is 5.87. The smallest absolute Gasteiger partial charge is 0.335 e. The van der Waals surface area contributed by atoms with Crippen molar-refractivity contribution in [2.45, 2.75) is 58.2 Å². The van der Waals surface area contributed by atoms with Crippen LogP contribution >= 0.6 is 0 Å². The van der Waals surface area contributed by atoms with E-state index in [-0.39, 0.29) is 11.5 Å². The fourth-order valence-electron chi connectivity index (χ4n) is 3.90. The summed E-state index contributed by atoms with van der Waals surface area (Å²) >= 11 is 0. The van der Waals surface area contributed by atoms with Crippen LogP contribution in [0.3, 0.4) is 0 Å². The molecule has 3 rings (SSSR count). The van der Waals surface area contributed by atoms with Crippen molar-refractivity contribution in [1.29, 1.82) is 0 Å². The average molecular weight is 450 g/mol. The number of aliphatic carboxylic acids is 1. The van der Waals surface area contributed by atoms with Crippen molar-refractivity contribution >= 4 is 11.9 Å². The molecule has 1 unspecified atom stereocenters. The number of nitrogens with zero attached hydrogens (tertiary/aromatic N) is 2. The van der Waals surface area contributed by atoms with Crippen molar-refractivity contribution in [2.75, 3.05) is 0 Å². The highest BCUT2D eigenvalue weighted by Crippen LogP contribution is 2.20. The van der Waals surface area contributed by atoms with Crippen LogP contribution in [0.1, 0.15) is 65.6 Å². The number of imidazole rings is 1. The van der Waals surface area contributed by atoms with Crippen molar-refractivity contribution in [3.8, 4) is 0 Å². The molecule has 0 aliphatic rings. The maximum atomic E-state index is 12.0. The molecule has 0 radical (unpaired) electrons. The lowest BCUT2D eigenvalue weighted by molar-refractivity contribution is -0.140. The number of rotatable bonds is 12. The van der Waals surface area contributed by atoms with Crippen LogP contribution in [0.5, 0.6) is 0 Å². The molecule has 0 saturated carbocycles. The summed E-state index contributed by atoms with van der Waals surface area (Å²) < 4.78 is 2.10. The van der Waals surface area contributed by atoms with Crippen LogP contribution in [0, 0.1) is 0 Å². The number of benzene rings is 2. The fourth-order valence-corrected chi connectivity index (χ4v) is 3.90. The van der Waals surface area contributed by atoms with E-state index in [1.807, 2.05) is 49.4 Å². The van der Waals surface area contributed by atoms with Crippen LogP contribution in [-0.2, 0) is 24.3 Å². The molecule has 0 saturated heterocycles. The first-order chi connectivity index (χ1) is 15.9. The monoisotopic (exact) mass is 449 g/mol. The van der Waals surface area contributed by atoms with Gasteiger partial charge in [0.25, 0.3) is 0 Å². The Hall–Kier alpha value is -3.45. The average Bonchev–Trinajstić information content (AvgIpc) is 3.19. The van der Waals surface area contributed by atoms with Gasteiger partial charge in [0.1, 0.15) is 11.9 Å². The zero-order chi connectivity index (χ0) is 23.8. The van der Waals surface area contributed by atoms with Crippen molar-refractivity contribution < 1.29 is 19.8 Å². The standard InChI is InChI=1S/C26H31N3O4/c1-3-4-10-23-27-15-22(29(23)17-19-11-13-21(14-12-19)25(30)31)16-28-24(26(32)33)18(2)20-8-6-5-7-9-20/h5-9,11-15,18,24,28H,3-4,10,16-17H2,1-2H3,(H,30,31)(H,32,33)/t18?,24-/m0/s1. The summed E-state index contributed by atoms with van der Waals surface area (Å²) in [4.78, 5) is 27.8. The predicted molar refractivity (Wildman–Crippen MR) is 126 cm³/mol. The van der Waals surface area contributed by atoms with Gasteiger partial charge in [-0.2, -0.15) is 0 Å². The number of nitrogens with one attached hydrogen (secondary N) is 1. The van der Waals surface area contributed by atoms with Crippen molar-refractivity contribution in [3.63, 3.8) is 0 Å².